The molecule has 1 aliphatic heterocycles. The minimum absolute atomic E-state index is 0. The molecule has 1 heterocycles. The monoisotopic (exact) mass is 510 g/mol. The third-order valence-electron chi connectivity index (χ3n) is 5.67. The maximum Gasteiger partial charge on any atom is 0.311 e. The summed E-state index contributed by atoms with van der Waals surface area (Å²) in [5, 5.41) is 3.38. The van der Waals surface area contributed by atoms with Crippen molar-refractivity contribution in [2.45, 2.75) is 51.2 Å². The Balaban J connectivity index is 0.00000408. The molecule has 0 radical (unpaired) electrons. The number of halogens is 1. The first-order valence-electron chi connectivity index (χ1n) is 11.7. The van der Waals surface area contributed by atoms with Crippen molar-refractivity contribution in [1.29, 1.82) is 0 Å². The Labute approximate surface area is 209 Å². The van der Waals surface area contributed by atoms with E-state index in [0.29, 0.717) is 17.9 Å². The summed E-state index contributed by atoms with van der Waals surface area (Å²) in [6.07, 6.45) is 5.75. The number of carbonyl (C=O) groups excluding carboxylic acids is 1. The van der Waals surface area contributed by atoms with Gasteiger partial charge in [0.15, 0.2) is 11.5 Å². The number of hydrogen-bond donors (Lipinski definition) is 2. The van der Waals surface area contributed by atoms with Gasteiger partial charge in [0.05, 0.1) is 18.0 Å². The average molecular weight is 511 g/mol. The lowest BCUT2D eigenvalue weighted by Crippen LogP contribution is -2.27. The molecular formula is C25H35ClN2O5S. The van der Waals surface area contributed by atoms with Gasteiger partial charge in [0.2, 0.25) is 10.0 Å². The normalized spacial score (nSPS) is 14.1. The molecule has 0 atom stereocenters. The van der Waals surface area contributed by atoms with E-state index >= 15 is 0 Å². The van der Waals surface area contributed by atoms with Crippen LogP contribution in [0.3, 0.4) is 0 Å². The summed E-state index contributed by atoms with van der Waals surface area (Å²) in [4.78, 5) is 12.0. The van der Waals surface area contributed by atoms with Gasteiger partial charge in [0.25, 0.3) is 0 Å². The molecule has 7 nitrogen and oxygen atoms in total. The number of nitrogens with one attached hydrogen (secondary N) is 2. The van der Waals surface area contributed by atoms with Crippen LogP contribution in [0.4, 0.5) is 5.69 Å². The van der Waals surface area contributed by atoms with Gasteiger partial charge in [-0.15, -0.1) is 12.4 Å². The van der Waals surface area contributed by atoms with Crippen LogP contribution in [0.5, 0.6) is 11.5 Å². The highest BCUT2D eigenvalue weighted by Crippen LogP contribution is 2.37. The van der Waals surface area contributed by atoms with E-state index in [1.165, 1.54) is 19.3 Å². The fraction of sp³-hybridized carbons (Fsp3) is 0.480. The minimum Gasteiger partial charge on any atom is -0.490 e. The molecule has 188 valence electrons. The summed E-state index contributed by atoms with van der Waals surface area (Å²) in [7, 11) is -3.71. The van der Waals surface area contributed by atoms with Crippen molar-refractivity contribution in [2.24, 2.45) is 5.92 Å². The molecule has 1 fully saturated rings. The van der Waals surface area contributed by atoms with Crippen LogP contribution in [-0.2, 0) is 20.6 Å². The van der Waals surface area contributed by atoms with Crippen LogP contribution in [0.2, 0.25) is 0 Å². The Morgan fingerprint density at radius 1 is 1.06 bits per heavy atom. The molecule has 0 spiro atoms. The third-order valence-corrected chi connectivity index (χ3v) is 6.92. The molecule has 2 aromatic carbocycles. The maximum atomic E-state index is 12.7. The SMILES string of the molecule is CCC(=O)Oc1c(NS(=O)(=O)Cc2ccccc2)cccc1OCCCCC1CCNCC1.Cl. The molecule has 0 aliphatic carbocycles. The molecule has 2 aromatic rings. The summed E-state index contributed by atoms with van der Waals surface area (Å²) in [5.41, 5.74) is 0.859. The number of anilines is 1. The van der Waals surface area contributed by atoms with Crippen molar-refractivity contribution in [3.05, 3.63) is 54.1 Å². The van der Waals surface area contributed by atoms with Crippen LogP contribution in [0, 0.1) is 5.92 Å². The molecule has 0 aromatic heterocycles. The van der Waals surface area contributed by atoms with E-state index < -0.39 is 16.0 Å². The number of rotatable bonds is 12. The van der Waals surface area contributed by atoms with Gasteiger partial charge in [0, 0.05) is 6.42 Å². The van der Waals surface area contributed by atoms with Crippen molar-refractivity contribution in [2.75, 3.05) is 24.4 Å². The van der Waals surface area contributed by atoms with Crippen molar-refractivity contribution in [3.8, 4) is 11.5 Å². The zero-order valence-electron chi connectivity index (χ0n) is 19.6. The number of sulfonamides is 1. The minimum atomic E-state index is -3.71. The summed E-state index contributed by atoms with van der Waals surface area (Å²) in [5.74, 6) is 0.601. The van der Waals surface area contributed by atoms with Gasteiger partial charge in [0.1, 0.15) is 0 Å². The Morgan fingerprint density at radius 2 is 1.79 bits per heavy atom. The molecule has 1 aliphatic rings. The zero-order chi connectivity index (χ0) is 23.5. The van der Waals surface area contributed by atoms with Crippen molar-refractivity contribution in [1.82, 2.24) is 5.32 Å². The summed E-state index contributed by atoms with van der Waals surface area (Å²) >= 11 is 0. The number of piperidine rings is 1. The van der Waals surface area contributed by atoms with Gasteiger partial charge in [-0.1, -0.05) is 49.7 Å². The first-order chi connectivity index (χ1) is 16.0. The number of unbranched alkanes of at least 4 members (excludes halogenated alkanes) is 1. The van der Waals surface area contributed by atoms with E-state index in [1.807, 2.05) is 6.07 Å². The largest absolute Gasteiger partial charge is 0.490 e. The van der Waals surface area contributed by atoms with Crippen molar-refractivity contribution in [3.63, 3.8) is 0 Å². The topological polar surface area (TPSA) is 93.7 Å². The second-order valence-corrected chi connectivity index (χ2v) is 10.1. The van der Waals surface area contributed by atoms with Gasteiger partial charge in [-0.2, -0.15) is 0 Å². The Bertz CT molecular complexity index is 996. The smallest absolute Gasteiger partial charge is 0.311 e. The lowest BCUT2D eigenvalue weighted by atomic mass is 9.93. The predicted octanol–water partition coefficient (Wildman–Crippen LogP) is 4.91. The van der Waals surface area contributed by atoms with Gasteiger partial charge in [-0.25, -0.2) is 8.42 Å². The molecule has 34 heavy (non-hydrogen) atoms. The Hall–Kier alpha value is -2.29. The van der Waals surface area contributed by atoms with Crippen molar-refractivity contribution >= 4 is 34.1 Å². The number of esters is 1. The lowest BCUT2D eigenvalue weighted by molar-refractivity contribution is -0.134. The van der Waals surface area contributed by atoms with E-state index in [2.05, 4.69) is 10.0 Å². The van der Waals surface area contributed by atoms with E-state index in [-0.39, 0.29) is 36.0 Å². The zero-order valence-corrected chi connectivity index (χ0v) is 21.3. The predicted molar refractivity (Wildman–Crippen MR) is 137 cm³/mol. The van der Waals surface area contributed by atoms with Gasteiger partial charge in [-0.05, 0) is 62.4 Å². The maximum absolute atomic E-state index is 12.7. The molecule has 0 saturated carbocycles. The lowest BCUT2D eigenvalue weighted by Gasteiger charge is -2.22. The summed E-state index contributed by atoms with van der Waals surface area (Å²) < 4.78 is 39.4. The summed E-state index contributed by atoms with van der Waals surface area (Å²) in [6.45, 7) is 4.36. The van der Waals surface area contributed by atoms with Gasteiger partial charge < -0.3 is 14.8 Å². The molecule has 2 N–H and O–H groups in total. The highest BCUT2D eigenvalue weighted by molar-refractivity contribution is 7.91. The quantitative estimate of drug-likeness (QED) is 0.239. The Morgan fingerprint density at radius 3 is 2.50 bits per heavy atom. The van der Waals surface area contributed by atoms with Crippen LogP contribution in [0.15, 0.2) is 48.5 Å². The standard InChI is InChI=1S/C25H34N2O5S.ClH/c1-2-24(28)32-25-22(27-33(29,30)19-21-10-4-3-5-11-21)12-8-13-23(25)31-18-7-6-9-20-14-16-26-17-15-20;/h3-5,8,10-13,20,26-27H,2,6-7,9,14-19H2,1H3;1H. The highest BCUT2D eigenvalue weighted by Gasteiger charge is 2.20. The number of ether oxygens (including phenoxy) is 2. The number of benzene rings is 2. The first-order valence-corrected chi connectivity index (χ1v) is 13.3. The molecular weight excluding hydrogens is 476 g/mol. The van der Waals surface area contributed by atoms with Crippen LogP contribution >= 0.6 is 12.4 Å². The highest BCUT2D eigenvalue weighted by atomic mass is 35.5. The second kappa shape index (κ2) is 14.2. The third kappa shape index (κ3) is 9.16. The number of para-hydroxylation sites is 1. The molecule has 9 heteroatoms. The Kier molecular flexibility index (Phi) is 11.7. The fourth-order valence-electron chi connectivity index (χ4n) is 3.89. The van der Waals surface area contributed by atoms with E-state index in [1.54, 1.807) is 49.4 Å². The van der Waals surface area contributed by atoms with Crippen LogP contribution in [0.1, 0.15) is 51.0 Å². The second-order valence-electron chi connectivity index (χ2n) is 8.34. The van der Waals surface area contributed by atoms with E-state index in [0.717, 1.165) is 31.8 Å². The molecule has 0 unspecified atom stereocenters. The average Bonchev–Trinajstić information content (AvgIpc) is 2.81. The van der Waals surface area contributed by atoms with Crippen LogP contribution in [-0.4, -0.2) is 34.1 Å². The van der Waals surface area contributed by atoms with E-state index in [4.69, 9.17) is 9.47 Å². The number of carbonyl (C=O) groups is 1. The van der Waals surface area contributed by atoms with Gasteiger partial charge >= 0.3 is 5.97 Å². The van der Waals surface area contributed by atoms with E-state index in [9.17, 15) is 13.2 Å². The molecule has 0 bridgehead atoms. The first kappa shape index (κ1) is 28.0. The molecule has 3 rings (SSSR count). The number of hydrogen-bond acceptors (Lipinski definition) is 6. The molecule has 0 amide bonds. The summed E-state index contributed by atoms with van der Waals surface area (Å²) in [6, 6.07) is 13.9. The van der Waals surface area contributed by atoms with Crippen molar-refractivity contribution < 1.29 is 22.7 Å². The van der Waals surface area contributed by atoms with Gasteiger partial charge in [-0.3, -0.25) is 9.52 Å². The van der Waals surface area contributed by atoms with Crippen LogP contribution in [0.25, 0.3) is 0 Å². The molecule has 1 saturated heterocycles. The fourth-order valence-corrected chi connectivity index (χ4v) is 5.09. The van der Waals surface area contributed by atoms with Crippen LogP contribution < -0.4 is 19.5 Å².